The molecule has 2 aromatic rings. The van der Waals surface area contributed by atoms with E-state index in [0.717, 1.165) is 10.8 Å². The molecule has 0 spiro atoms. The topological polar surface area (TPSA) is 49.7 Å². The maximum Gasteiger partial charge on any atom is 0.125 e. The molecular weight excluding hydrogens is 296 g/mol. The molecule has 0 aliphatic rings. The van der Waals surface area contributed by atoms with E-state index in [1.165, 1.54) is 0 Å². The average Bonchev–Trinajstić information content (AvgIpc) is 2.44. The summed E-state index contributed by atoms with van der Waals surface area (Å²) in [6.45, 7) is 0. The molecule has 3 nitrogen and oxygen atoms in total. The Morgan fingerprint density at radius 1 is 1.17 bits per heavy atom. The zero-order chi connectivity index (χ0) is 13.1. The number of halogens is 1. The predicted molar refractivity (Wildman–Crippen MR) is 75.3 cm³/mol. The summed E-state index contributed by atoms with van der Waals surface area (Å²) in [5, 5.41) is 22.3. The molecule has 2 N–H and O–H groups in total. The fourth-order valence-electron chi connectivity index (χ4n) is 2.04. The summed E-state index contributed by atoms with van der Waals surface area (Å²) < 4.78 is 5.28. The Bertz CT molecular complexity index is 542. The van der Waals surface area contributed by atoms with Crippen molar-refractivity contribution in [2.24, 2.45) is 0 Å². The highest BCUT2D eigenvalue weighted by Gasteiger charge is 2.23. The smallest absolute Gasteiger partial charge is 0.125 e. The zero-order valence-electron chi connectivity index (χ0n) is 10.0. The quantitative estimate of drug-likeness (QED) is 0.854. The van der Waals surface area contributed by atoms with Crippen molar-refractivity contribution in [3.8, 4) is 5.75 Å². The highest BCUT2D eigenvalue weighted by Crippen LogP contribution is 2.34. The molecule has 2 aromatic carbocycles. The molecule has 0 radical (unpaired) electrons. The second kappa shape index (κ2) is 5.69. The fourth-order valence-corrected chi connectivity index (χ4v) is 2.39. The van der Waals surface area contributed by atoms with Crippen LogP contribution in [0.3, 0.4) is 0 Å². The third kappa shape index (κ3) is 2.36. The van der Waals surface area contributed by atoms with Gasteiger partial charge in [-0.15, -0.1) is 0 Å². The minimum atomic E-state index is -0.981. The molecule has 0 bridgehead atoms. The molecule has 0 fully saturated rings. The van der Waals surface area contributed by atoms with Gasteiger partial charge in [0.15, 0.2) is 0 Å². The number of fused-ring (bicyclic) bond motifs is 1. The van der Waals surface area contributed by atoms with Gasteiger partial charge in [0.05, 0.1) is 13.2 Å². The van der Waals surface area contributed by atoms with Crippen LogP contribution in [0.2, 0.25) is 0 Å². The first-order chi connectivity index (χ1) is 8.69. The van der Waals surface area contributed by atoms with Crippen molar-refractivity contribution >= 4 is 26.7 Å². The molecule has 2 atom stereocenters. The lowest BCUT2D eigenvalue weighted by Crippen LogP contribution is -2.20. The summed E-state index contributed by atoms with van der Waals surface area (Å²) >= 11 is 3.17. The van der Waals surface area contributed by atoms with E-state index < -0.39 is 12.2 Å². The number of hydrogen-bond acceptors (Lipinski definition) is 3. The number of aliphatic hydroxyl groups is 2. The van der Waals surface area contributed by atoms with Crippen molar-refractivity contribution in [1.82, 2.24) is 0 Å². The van der Waals surface area contributed by atoms with Crippen LogP contribution in [-0.2, 0) is 0 Å². The molecule has 0 saturated heterocycles. The summed E-state index contributed by atoms with van der Waals surface area (Å²) in [7, 11) is 1.56. The summed E-state index contributed by atoms with van der Waals surface area (Å²) in [4.78, 5) is 0. The number of ether oxygens (including phenoxy) is 1. The number of methoxy groups -OCH3 is 1. The zero-order valence-corrected chi connectivity index (χ0v) is 11.6. The largest absolute Gasteiger partial charge is 0.496 e. The van der Waals surface area contributed by atoms with Crippen LogP contribution in [0.4, 0.5) is 0 Å². The molecule has 0 aliphatic heterocycles. The van der Waals surface area contributed by atoms with Gasteiger partial charge in [-0.05, 0) is 16.8 Å². The third-order valence-corrected chi connectivity index (χ3v) is 3.63. The molecule has 4 heteroatoms. The van der Waals surface area contributed by atoms with Crippen molar-refractivity contribution in [2.45, 2.75) is 12.2 Å². The van der Waals surface area contributed by atoms with Gasteiger partial charge in [0.2, 0.25) is 0 Å². The Labute approximate surface area is 114 Å². The number of benzene rings is 2. The van der Waals surface area contributed by atoms with Gasteiger partial charge in [0.1, 0.15) is 11.9 Å². The molecule has 18 heavy (non-hydrogen) atoms. The van der Waals surface area contributed by atoms with Crippen molar-refractivity contribution in [3.05, 3.63) is 42.0 Å². The van der Waals surface area contributed by atoms with Crippen LogP contribution in [0.5, 0.6) is 5.75 Å². The summed E-state index contributed by atoms with van der Waals surface area (Å²) in [6, 6.07) is 11.5. The predicted octanol–water partition coefficient (Wildman–Crippen LogP) is 2.64. The van der Waals surface area contributed by atoms with Gasteiger partial charge in [-0.3, -0.25) is 0 Å². The molecule has 0 saturated carbocycles. The first kappa shape index (κ1) is 13.3. The van der Waals surface area contributed by atoms with Crippen LogP contribution in [0.1, 0.15) is 11.7 Å². The third-order valence-electron chi connectivity index (χ3n) is 2.97. The van der Waals surface area contributed by atoms with Gasteiger partial charge in [-0.2, -0.15) is 0 Å². The Kier molecular flexibility index (Phi) is 4.22. The van der Waals surface area contributed by atoms with E-state index in [1.807, 2.05) is 36.4 Å². The lowest BCUT2D eigenvalue weighted by atomic mass is 9.97. The van der Waals surface area contributed by atoms with Crippen molar-refractivity contribution in [1.29, 1.82) is 0 Å². The Hall–Kier alpha value is -1.10. The fraction of sp³-hybridized carbons (Fsp3) is 0.286. The number of rotatable bonds is 4. The van der Waals surface area contributed by atoms with Gasteiger partial charge in [-0.25, -0.2) is 0 Å². The van der Waals surface area contributed by atoms with Gasteiger partial charge in [0.25, 0.3) is 0 Å². The maximum atomic E-state index is 10.2. The lowest BCUT2D eigenvalue weighted by Gasteiger charge is -2.20. The number of aliphatic hydroxyl groups excluding tert-OH is 2. The highest BCUT2D eigenvalue weighted by atomic mass is 79.9. The van der Waals surface area contributed by atoms with Crippen molar-refractivity contribution in [3.63, 3.8) is 0 Å². The van der Waals surface area contributed by atoms with Crippen molar-refractivity contribution < 1.29 is 14.9 Å². The molecule has 0 aliphatic carbocycles. The Balaban J connectivity index is 2.64. The molecule has 2 rings (SSSR count). The van der Waals surface area contributed by atoms with E-state index in [0.29, 0.717) is 16.6 Å². The number of hydrogen-bond donors (Lipinski definition) is 2. The van der Waals surface area contributed by atoms with Crippen LogP contribution in [-0.4, -0.2) is 28.8 Å². The van der Waals surface area contributed by atoms with Gasteiger partial charge >= 0.3 is 0 Å². The Morgan fingerprint density at radius 3 is 2.56 bits per heavy atom. The van der Waals surface area contributed by atoms with E-state index in [4.69, 9.17) is 4.74 Å². The molecular formula is C14H15BrO3. The van der Waals surface area contributed by atoms with E-state index in [2.05, 4.69) is 15.9 Å². The molecule has 0 amide bonds. The first-order valence-corrected chi connectivity index (χ1v) is 6.79. The summed E-state index contributed by atoms with van der Waals surface area (Å²) in [6.07, 6.45) is -1.85. The van der Waals surface area contributed by atoms with Crippen LogP contribution < -0.4 is 4.74 Å². The van der Waals surface area contributed by atoms with Crippen LogP contribution in [0.25, 0.3) is 10.8 Å². The Morgan fingerprint density at radius 2 is 1.89 bits per heavy atom. The van der Waals surface area contributed by atoms with Crippen LogP contribution in [0.15, 0.2) is 36.4 Å². The second-order valence-corrected chi connectivity index (χ2v) is 4.72. The minimum Gasteiger partial charge on any atom is -0.496 e. The van der Waals surface area contributed by atoms with Gasteiger partial charge in [0, 0.05) is 10.9 Å². The molecule has 96 valence electrons. The van der Waals surface area contributed by atoms with E-state index >= 15 is 0 Å². The normalized spacial score (nSPS) is 14.4. The maximum absolute atomic E-state index is 10.2. The molecule has 0 heterocycles. The summed E-state index contributed by atoms with van der Waals surface area (Å²) in [5.74, 6) is 0.584. The lowest BCUT2D eigenvalue weighted by molar-refractivity contribution is 0.0337. The van der Waals surface area contributed by atoms with Gasteiger partial charge < -0.3 is 14.9 Å². The molecule has 0 aromatic heterocycles. The van der Waals surface area contributed by atoms with E-state index in [-0.39, 0.29) is 0 Å². The van der Waals surface area contributed by atoms with Gasteiger partial charge in [-0.1, -0.05) is 46.3 Å². The van der Waals surface area contributed by atoms with E-state index in [9.17, 15) is 10.2 Å². The summed E-state index contributed by atoms with van der Waals surface area (Å²) in [5.41, 5.74) is 0.627. The second-order valence-electron chi connectivity index (χ2n) is 4.07. The first-order valence-electron chi connectivity index (χ1n) is 5.66. The minimum absolute atomic E-state index is 0.306. The highest BCUT2D eigenvalue weighted by molar-refractivity contribution is 9.09. The SMILES string of the molecule is COc1ccc2ccccc2c1C(O)C(O)CBr. The van der Waals surface area contributed by atoms with E-state index in [1.54, 1.807) is 7.11 Å². The average molecular weight is 311 g/mol. The monoisotopic (exact) mass is 310 g/mol. The number of alkyl halides is 1. The van der Waals surface area contributed by atoms with Crippen molar-refractivity contribution in [2.75, 3.05) is 12.4 Å². The van der Waals surface area contributed by atoms with Crippen LogP contribution in [0, 0.1) is 0 Å². The molecule has 2 unspecified atom stereocenters. The van der Waals surface area contributed by atoms with Crippen LogP contribution >= 0.6 is 15.9 Å². The standard InChI is InChI=1S/C14H15BrO3/c1-18-12-7-6-9-4-2-3-5-10(9)13(12)14(17)11(16)8-15/h2-7,11,14,16-17H,8H2,1H3.